The van der Waals surface area contributed by atoms with Gasteiger partial charge in [-0.05, 0) is 49.3 Å². The van der Waals surface area contributed by atoms with Gasteiger partial charge in [0, 0.05) is 18.3 Å². The van der Waals surface area contributed by atoms with Crippen LogP contribution in [-0.2, 0) is 14.4 Å². The zero-order chi connectivity index (χ0) is 16.6. The number of hydrogen-bond donors (Lipinski definition) is 3. The van der Waals surface area contributed by atoms with E-state index in [1.54, 1.807) is 24.3 Å². The summed E-state index contributed by atoms with van der Waals surface area (Å²) in [6, 6.07) is 6.86. The van der Waals surface area contributed by atoms with E-state index in [9.17, 15) is 19.5 Å². The van der Waals surface area contributed by atoms with E-state index in [1.165, 1.54) is 6.92 Å². The van der Waals surface area contributed by atoms with Crippen molar-refractivity contribution in [1.29, 1.82) is 0 Å². The zero-order valence-corrected chi connectivity index (χ0v) is 12.9. The molecule has 0 spiro atoms. The van der Waals surface area contributed by atoms with E-state index in [2.05, 4.69) is 10.6 Å². The number of nitrogens with one attached hydrogen (secondary N) is 2. The van der Waals surface area contributed by atoms with E-state index in [1.807, 2.05) is 0 Å². The molecule has 0 heterocycles. The third kappa shape index (κ3) is 3.06. The summed E-state index contributed by atoms with van der Waals surface area (Å²) in [4.78, 5) is 35.2. The van der Waals surface area contributed by atoms with Crippen molar-refractivity contribution in [3.05, 3.63) is 24.3 Å². The first-order valence-corrected chi connectivity index (χ1v) is 7.87. The minimum atomic E-state index is -0.871. The number of carboxylic acids is 1. The molecule has 2 bridgehead atoms. The van der Waals surface area contributed by atoms with Crippen molar-refractivity contribution in [3.8, 4) is 0 Å². The molecule has 2 saturated carbocycles. The average Bonchev–Trinajstić information content (AvgIpc) is 3.07. The van der Waals surface area contributed by atoms with E-state index in [0.29, 0.717) is 11.4 Å². The van der Waals surface area contributed by atoms with Crippen LogP contribution in [-0.4, -0.2) is 22.9 Å². The summed E-state index contributed by atoms with van der Waals surface area (Å²) >= 11 is 0. The summed E-state index contributed by atoms with van der Waals surface area (Å²) in [5.41, 5.74) is 1.16. The molecule has 122 valence electrons. The number of rotatable bonds is 4. The fraction of sp³-hybridized carbons (Fsp3) is 0.471. The van der Waals surface area contributed by atoms with Gasteiger partial charge in [-0.1, -0.05) is 6.07 Å². The highest BCUT2D eigenvalue weighted by Crippen LogP contribution is 2.52. The standard InChI is InChI=1S/C17H20N2O4/c1-9(20)18-12-3-2-4-13(8-12)19-16(21)14-10-5-6-11(7-10)15(14)17(22)23/h2-4,8,10-11,14-15H,5-7H2,1H3,(H,18,20)(H,19,21)(H,22,23). The van der Waals surface area contributed by atoms with E-state index in [0.717, 1.165) is 19.3 Å². The second-order valence-corrected chi connectivity index (χ2v) is 6.47. The summed E-state index contributed by atoms with van der Waals surface area (Å²) in [5, 5.41) is 14.9. The maximum absolute atomic E-state index is 12.6. The molecule has 0 aromatic heterocycles. The average molecular weight is 316 g/mol. The lowest BCUT2D eigenvalue weighted by Crippen LogP contribution is -2.37. The van der Waals surface area contributed by atoms with E-state index >= 15 is 0 Å². The van der Waals surface area contributed by atoms with E-state index < -0.39 is 17.8 Å². The number of aliphatic carboxylic acids is 1. The van der Waals surface area contributed by atoms with Gasteiger partial charge in [0.25, 0.3) is 0 Å². The number of benzene rings is 1. The van der Waals surface area contributed by atoms with Crippen molar-refractivity contribution >= 4 is 29.2 Å². The Kier molecular flexibility index (Phi) is 4.07. The molecule has 2 aliphatic rings. The van der Waals surface area contributed by atoms with Crippen LogP contribution in [0, 0.1) is 23.7 Å². The van der Waals surface area contributed by atoms with Crippen LogP contribution in [0.4, 0.5) is 11.4 Å². The molecule has 6 nitrogen and oxygen atoms in total. The second-order valence-electron chi connectivity index (χ2n) is 6.47. The molecule has 0 aliphatic heterocycles. The van der Waals surface area contributed by atoms with Crippen LogP contribution in [0.3, 0.4) is 0 Å². The molecule has 23 heavy (non-hydrogen) atoms. The number of fused-ring (bicyclic) bond motifs is 2. The normalized spacial score (nSPS) is 28.4. The Bertz CT molecular complexity index is 658. The van der Waals surface area contributed by atoms with Crippen LogP contribution < -0.4 is 10.6 Å². The van der Waals surface area contributed by atoms with Crippen molar-refractivity contribution in [2.75, 3.05) is 10.6 Å². The quantitative estimate of drug-likeness (QED) is 0.794. The topological polar surface area (TPSA) is 95.5 Å². The largest absolute Gasteiger partial charge is 0.481 e. The molecule has 3 rings (SSSR count). The van der Waals surface area contributed by atoms with Crippen LogP contribution >= 0.6 is 0 Å². The minimum Gasteiger partial charge on any atom is -0.481 e. The van der Waals surface area contributed by atoms with Crippen molar-refractivity contribution in [2.24, 2.45) is 23.7 Å². The number of hydrogen-bond acceptors (Lipinski definition) is 3. The van der Waals surface area contributed by atoms with Crippen molar-refractivity contribution < 1.29 is 19.5 Å². The lowest BCUT2D eigenvalue weighted by atomic mass is 9.78. The molecule has 4 atom stereocenters. The first kappa shape index (κ1) is 15.5. The minimum absolute atomic E-state index is 0.124. The predicted octanol–water partition coefficient (Wildman–Crippen LogP) is 2.33. The van der Waals surface area contributed by atoms with Crippen LogP contribution in [0.5, 0.6) is 0 Å². The number of carbonyl (C=O) groups is 3. The summed E-state index contributed by atoms with van der Waals surface area (Å²) < 4.78 is 0. The molecule has 2 aliphatic carbocycles. The van der Waals surface area contributed by atoms with Crippen LogP contribution in [0.15, 0.2) is 24.3 Å². The van der Waals surface area contributed by atoms with Gasteiger partial charge < -0.3 is 15.7 Å². The maximum atomic E-state index is 12.6. The van der Waals surface area contributed by atoms with Gasteiger partial charge in [0.2, 0.25) is 11.8 Å². The molecule has 4 unspecified atom stereocenters. The molecule has 2 fully saturated rings. The van der Waals surface area contributed by atoms with Gasteiger partial charge >= 0.3 is 5.97 Å². The fourth-order valence-electron chi connectivity index (χ4n) is 4.13. The first-order chi connectivity index (χ1) is 11.0. The monoisotopic (exact) mass is 316 g/mol. The SMILES string of the molecule is CC(=O)Nc1cccc(NC(=O)C2C3CCC(C3)C2C(=O)O)c1. The molecule has 2 amide bonds. The molecular weight excluding hydrogens is 296 g/mol. The lowest BCUT2D eigenvalue weighted by Gasteiger charge is -2.27. The molecular formula is C17H20N2O4. The molecule has 1 aromatic rings. The summed E-state index contributed by atoms with van der Waals surface area (Å²) in [7, 11) is 0. The molecule has 6 heteroatoms. The second kappa shape index (κ2) is 6.02. The number of carboxylic acid groups (broad SMARTS) is 1. The lowest BCUT2D eigenvalue weighted by molar-refractivity contribution is -0.148. The molecule has 0 radical (unpaired) electrons. The van der Waals surface area contributed by atoms with Gasteiger partial charge in [-0.25, -0.2) is 0 Å². The van der Waals surface area contributed by atoms with Crippen LogP contribution in [0.1, 0.15) is 26.2 Å². The Labute approximate surface area is 134 Å². The number of amides is 2. The summed E-state index contributed by atoms with van der Waals surface area (Å²) in [6.45, 7) is 1.41. The Morgan fingerprint density at radius 3 is 2.26 bits per heavy atom. The van der Waals surface area contributed by atoms with Gasteiger partial charge in [-0.15, -0.1) is 0 Å². The van der Waals surface area contributed by atoms with Gasteiger partial charge in [0.05, 0.1) is 11.8 Å². The van der Waals surface area contributed by atoms with Crippen molar-refractivity contribution in [3.63, 3.8) is 0 Å². The third-order valence-corrected chi connectivity index (χ3v) is 4.95. The third-order valence-electron chi connectivity index (χ3n) is 4.95. The Morgan fingerprint density at radius 1 is 1.04 bits per heavy atom. The first-order valence-electron chi connectivity index (χ1n) is 7.87. The summed E-state index contributed by atoms with van der Waals surface area (Å²) in [6.07, 6.45) is 2.67. The molecule has 3 N–H and O–H groups in total. The van der Waals surface area contributed by atoms with Gasteiger partial charge in [0.15, 0.2) is 0 Å². The predicted molar refractivity (Wildman–Crippen MR) is 84.8 cm³/mol. The Hall–Kier alpha value is -2.37. The number of carbonyl (C=O) groups excluding carboxylic acids is 2. The molecule has 0 saturated heterocycles. The van der Waals surface area contributed by atoms with Gasteiger partial charge in [-0.2, -0.15) is 0 Å². The summed E-state index contributed by atoms with van der Waals surface area (Å²) in [5.74, 6) is -2.04. The van der Waals surface area contributed by atoms with E-state index in [-0.39, 0.29) is 23.7 Å². The fourth-order valence-corrected chi connectivity index (χ4v) is 4.13. The highest BCUT2D eigenvalue weighted by Gasteiger charge is 2.53. The maximum Gasteiger partial charge on any atom is 0.307 e. The Balaban J connectivity index is 1.74. The van der Waals surface area contributed by atoms with Crippen molar-refractivity contribution in [2.45, 2.75) is 26.2 Å². The van der Waals surface area contributed by atoms with Crippen LogP contribution in [0.2, 0.25) is 0 Å². The van der Waals surface area contributed by atoms with Crippen molar-refractivity contribution in [1.82, 2.24) is 0 Å². The van der Waals surface area contributed by atoms with E-state index in [4.69, 9.17) is 0 Å². The van der Waals surface area contributed by atoms with Gasteiger partial charge in [0.1, 0.15) is 0 Å². The molecule has 1 aromatic carbocycles. The number of anilines is 2. The highest BCUT2D eigenvalue weighted by atomic mass is 16.4. The highest BCUT2D eigenvalue weighted by molar-refractivity contribution is 5.97. The van der Waals surface area contributed by atoms with Gasteiger partial charge in [-0.3, -0.25) is 14.4 Å². The van der Waals surface area contributed by atoms with Crippen LogP contribution in [0.25, 0.3) is 0 Å². The zero-order valence-electron chi connectivity index (χ0n) is 12.9. The Morgan fingerprint density at radius 2 is 1.65 bits per heavy atom. The smallest absolute Gasteiger partial charge is 0.307 e.